The van der Waals surface area contributed by atoms with Gasteiger partial charge in [-0.2, -0.15) is 0 Å². The van der Waals surface area contributed by atoms with E-state index >= 15 is 0 Å². The molecule has 0 bridgehead atoms. The van der Waals surface area contributed by atoms with E-state index < -0.39 is 0 Å². The molecular formula is C46H31NO. The molecule has 48 heavy (non-hydrogen) atoms. The molecule has 2 nitrogen and oxygen atoms in total. The molecule has 0 atom stereocenters. The lowest BCUT2D eigenvalue weighted by Gasteiger charge is -2.26. The van der Waals surface area contributed by atoms with Crippen LogP contribution < -0.4 is 4.90 Å². The summed E-state index contributed by atoms with van der Waals surface area (Å²) >= 11 is 0. The van der Waals surface area contributed by atoms with Crippen LogP contribution in [0.2, 0.25) is 0 Å². The summed E-state index contributed by atoms with van der Waals surface area (Å²) in [7, 11) is 0. The molecule has 0 saturated carbocycles. The molecule has 0 spiro atoms. The second-order valence-electron chi connectivity index (χ2n) is 12.2. The first kappa shape index (κ1) is 27.9. The number of para-hydroxylation sites is 3. The molecule has 0 saturated heterocycles. The van der Waals surface area contributed by atoms with Crippen LogP contribution in [0.5, 0.6) is 0 Å². The van der Waals surface area contributed by atoms with Crippen LogP contribution in [0.1, 0.15) is 0 Å². The number of hydrogen-bond donors (Lipinski definition) is 0. The molecule has 0 fully saturated rings. The Morgan fingerprint density at radius 2 is 0.917 bits per heavy atom. The fourth-order valence-electron chi connectivity index (χ4n) is 6.96. The maximum absolute atomic E-state index is 6.36. The molecule has 2 heteroatoms. The lowest BCUT2D eigenvalue weighted by atomic mass is 9.95. The summed E-state index contributed by atoms with van der Waals surface area (Å²) in [4.78, 5) is 2.32. The van der Waals surface area contributed by atoms with E-state index in [1.54, 1.807) is 0 Å². The Labute approximate surface area is 279 Å². The van der Waals surface area contributed by atoms with Gasteiger partial charge in [-0.15, -0.1) is 0 Å². The first-order valence-corrected chi connectivity index (χ1v) is 16.3. The molecule has 0 N–H and O–H groups in total. The summed E-state index contributed by atoms with van der Waals surface area (Å²) in [5.41, 5.74) is 12.1. The Morgan fingerprint density at radius 3 is 1.79 bits per heavy atom. The number of rotatable bonds is 6. The van der Waals surface area contributed by atoms with Crippen LogP contribution in [0.4, 0.5) is 17.1 Å². The molecule has 0 radical (unpaired) electrons. The lowest BCUT2D eigenvalue weighted by molar-refractivity contribution is 0.670. The Morgan fingerprint density at radius 1 is 0.333 bits per heavy atom. The Balaban J connectivity index is 1.11. The zero-order valence-electron chi connectivity index (χ0n) is 26.3. The molecule has 226 valence electrons. The Bertz CT molecular complexity index is 2560. The van der Waals surface area contributed by atoms with E-state index in [0.717, 1.165) is 50.1 Å². The fourth-order valence-corrected chi connectivity index (χ4v) is 6.96. The summed E-state index contributed by atoms with van der Waals surface area (Å²) in [6, 6.07) is 66.9. The molecule has 1 heterocycles. The van der Waals surface area contributed by atoms with Gasteiger partial charge in [0.05, 0.1) is 0 Å². The molecule has 0 amide bonds. The van der Waals surface area contributed by atoms with Crippen LogP contribution in [0.3, 0.4) is 0 Å². The van der Waals surface area contributed by atoms with E-state index in [1.807, 2.05) is 12.1 Å². The fraction of sp³-hybridized carbons (Fsp3) is 0. The quantitative estimate of drug-likeness (QED) is 0.185. The highest BCUT2D eigenvalue weighted by molar-refractivity contribution is 6.09. The van der Waals surface area contributed by atoms with E-state index in [9.17, 15) is 0 Å². The Hall–Kier alpha value is -6.38. The summed E-state index contributed by atoms with van der Waals surface area (Å²) in [6.45, 7) is 0. The maximum Gasteiger partial charge on any atom is 0.143 e. The molecule has 9 rings (SSSR count). The smallest absolute Gasteiger partial charge is 0.143 e. The number of anilines is 3. The molecular weight excluding hydrogens is 583 g/mol. The van der Waals surface area contributed by atoms with Gasteiger partial charge >= 0.3 is 0 Å². The number of nitrogens with zero attached hydrogens (tertiary/aromatic N) is 1. The van der Waals surface area contributed by atoms with Crippen molar-refractivity contribution in [2.45, 2.75) is 0 Å². The maximum atomic E-state index is 6.36. The third-order valence-corrected chi connectivity index (χ3v) is 9.26. The lowest BCUT2D eigenvalue weighted by Crippen LogP contribution is -2.09. The molecule has 0 aliphatic carbocycles. The minimum atomic E-state index is 0.911. The van der Waals surface area contributed by atoms with Crippen molar-refractivity contribution >= 4 is 49.8 Å². The average molecular weight is 614 g/mol. The van der Waals surface area contributed by atoms with Crippen LogP contribution in [0.25, 0.3) is 66.1 Å². The largest absolute Gasteiger partial charge is 0.455 e. The highest BCUT2D eigenvalue weighted by Crippen LogP contribution is 2.40. The van der Waals surface area contributed by atoms with Crippen LogP contribution in [-0.4, -0.2) is 0 Å². The summed E-state index contributed by atoms with van der Waals surface area (Å²) in [6.07, 6.45) is 0. The Kier molecular flexibility index (Phi) is 6.84. The van der Waals surface area contributed by atoms with Gasteiger partial charge in [0.15, 0.2) is 0 Å². The van der Waals surface area contributed by atoms with Crippen LogP contribution in [0.15, 0.2) is 192 Å². The first-order chi connectivity index (χ1) is 23.8. The molecule has 1 aromatic heterocycles. The number of hydrogen-bond acceptors (Lipinski definition) is 2. The minimum Gasteiger partial charge on any atom is -0.455 e. The molecule has 0 aliphatic heterocycles. The first-order valence-electron chi connectivity index (χ1n) is 16.3. The van der Waals surface area contributed by atoms with Crippen molar-refractivity contribution in [3.05, 3.63) is 188 Å². The van der Waals surface area contributed by atoms with Gasteiger partial charge in [-0.05, 0) is 87.1 Å². The van der Waals surface area contributed by atoms with Gasteiger partial charge < -0.3 is 9.32 Å². The van der Waals surface area contributed by atoms with Crippen LogP contribution in [0, 0.1) is 0 Å². The zero-order chi connectivity index (χ0) is 31.9. The number of benzene rings is 8. The monoisotopic (exact) mass is 613 g/mol. The summed E-state index contributed by atoms with van der Waals surface area (Å²) in [5.74, 6) is 0. The number of fused-ring (bicyclic) bond motifs is 4. The van der Waals surface area contributed by atoms with E-state index in [2.05, 4.69) is 181 Å². The number of furan rings is 1. The molecule has 0 aliphatic rings. The van der Waals surface area contributed by atoms with Crippen LogP contribution in [-0.2, 0) is 0 Å². The van der Waals surface area contributed by atoms with Gasteiger partial charge in [0.1, 0.15) is 11.2 Å². The van der Waals surface area contributed by atoms with Gasteiger partial charge in [0.2, 0.25) is 0 Å². The minimum absolute atomic E-state index is 0.911. The van der Waals surface area contributed by atoms with Crippen molar-refractivity contribution in [1.82, 2.24) is 0 Å². The van der Waals surface area contributed by atoms with E-state index in [1.165, 1.54) is 33.0 Å². The second-order valence-corrected chi connectivity index (χ2v) is 12.2. The van der Waals surface area contributed by atoms with E-state index in [0.29, 0.717) is 0 Å². The van der Waals surface area contributed by atoms with E-state index in [-0.39, 0.29) is 0 Å². The van der Waals surface area contributed by atoms with Crippen molar-refractivity contribution in [3.8, 4) is 33.4 Å². The van der Waals surface area contributed by atoms with Crippen molar-refractivity contribution in [3.63, 3.8) is 0 Å². The third kappa shape index (κ3) is 4.92. The topological polar surface area (TPSA) is 16.4 Å². The highest BCUT2D eigenvalue weighted by atomic mass is 16.3. The molecule has 0 unspecified atom stereocenters. The predicted octanol–water partition coefficient (Wildman–Crippen LogP) is 13.2. The molecule has 8 aromatic carbocycles. The van der Waals surface area contributed by atoms with Gasteiger partial charge in [0.25, 0.3) is 0 Å². The van der Waals surface area contributed by atoms with Crippen molar-refractivity contribution < 1.29 is 4.42 Å². The van der Waals surface area contributed by atoms with Gasteiger partial charge in [-0.3, -0.25) is 0 Å². The normalized spacial score (nSPS) is 11.3. The predicted molar refractivity (Wildman–Crippen MR) is 202 cm³/mol. The van der Waals surface area contributed by atoms with Crippen molar-refractivity contribution in [2.75, 3.05) is 4.90 Å². The third-order valence-electron chi connectivity index (χ3n) is 9.26. The summed E-state index contributed by atoms with van der Waals surface area (Å²) < 4.78 is 6.36. The van der Waals surface area contributed by atoms with Crippen molar-refractivity contribution in [2.24, 2.45) is 0 Å². The highest BCUT2D eigenvalue weighted by Gasteiger charge is 2.16. The van der Waals surface area contributed by atoms with E-state index in [4.69, 9.17) is 4.42 Å². The average Bonchev–Trinajstić information content (AvgIpc) is 3.55. The van der Waals surface area contributed by atoms with Gasteiger partial charge in [-0.25, -0.2) is 0 Å². The van der Waals surface area contributed by atoms with Crippen molar-refractivity contribution in [1.29, 1.82) is 0 Å². The standard InChI is InChI=1S/C46H31NO/c1-2-17-37(18-3-1)47(38-28-26-33(27-29-38)42-23-11-24-44-43-21-6-7-25-45(43)48-46(42)44)39-19-9-15-35(31-39)34-14-8-16-36(30-34)41-22-10-13-32-12-4-5-20-40(32)41/h1-31H. The summed E-state index contributed by atoms with van der Waals surface area (Å²) in [5, 5.41) is 4.80. The second kappa shape index (κ2) is 11.8. The molecule has 9 aromatic rings. The van der Waals surface area contributed by atoms with Gasteiger partial charge in [0, 0.05) is 33.4 Å². The van der Waals surface area contributed by atoms with Crippen LogP contribution >= 0.6 is 0 Å². The van der Waals surface area contributed by atoms with Gasteiger partial charge in [-0.1, -0.05) is 140 Å². The SMILES string of the molecule is c1ccc(N(c2ccc(-c3cccc4c3oc3ccccc34)cc2)c2cccc(-c3cccc(-c4cccc5ccccc45)c3)c2)cc1. The zero-order valence-corrected chi connectivity index (χ0v) is 26.3.